The lowest BCUT2D eigenvalue weighted by molar-refractivity contribution is -0.139. The highest BCUT2D eigenvalue weighted by molar-refractivity contribution is 7.88. The SMILES string of the molecule is CS(=O)(=O)N[C@H]1CCN(C(=O)C2(c3cccc(F)c3)CCC2)C1. The summed E-state index contributed by atoms with van der Waals surface area (Å²) in [4.78, 5) is 14.7. The van der Waals surface area contributed by atoms with Gasteiger partial charge in [-0.3, -0.25) is 4.79 Å². The van der Waals surface area contributed by atoms with Gasteiger partial charge in [0, 0.05) is 19.1 Å². The Hall–Kier alpha value is -1.47. The van der Waals surface area contributed by atoms with E-state index < -0.39 is 15.4 Å². The van der Waals surface area contributed by atoms with Gasteiger partial charge in [0.15, 0.2) is 0 Å². The summed E-state index contributed by atoms with van der Waals surface area (Å²) >= 11 is 0. The van der Waals surface area contributed by atoms with Crippen molar-refractivity contribution in [3.05, 3.63) is 35.6 Å². The zero-order valence-corrected chi connectivity index (χ0v) is 13.9. The number of halogens is 1. The molecule has 1 atom stereocenters. The fourth-order valence-corrected chi connectivity index (χ4v) is 4.39. The number of hydrogen-bond donors (Lipinski definition) is 1. The molecule has 5 nitrogen and oxygen atoms in total. The van der Waals surface area contributed by atoms with E-state index in [4.69, 9.17) is 0 Å². The molecule has 1 heterocycles. The highest BCUT2D eigenvalue weighted by atomic mass is 32.2. The Morgan fingerprint density at radius 2 is 2.13 bits per heavy atom. The maximum absolute atomic E-state index is 13.5. The molecule has 1 saturated carbocycles. The van der Waals surface area contributed by atoms with Crippen molar-refractivity contribution < 1.29 is 17.6 Å². The van der Waals surface area contributed by atoms with Crippen molar-refractivity contribution in [2.24, 2.45) is 0 Å². The Kier molecular flexibility index (Phi) is 4.18. The molecule has 1 aliphatic heterocycles. The second-order valence-corrected chi connectivity index (χ2v) is 8.35. The molecule has 1 aliphatic carbocycles. The normalized spacial score (nSPS) is 23.6. The van der Waals surface area contributed by atoms with E-state index in [1.165, 1.54) is 12.1 Å². The van der Waals surface area contributed by atoms with Gasteiger partial charge in [-0.25, -0.2) is 17.5 Å². The third-order valence-electron chi connectivity index (χ3n) is 4.85. The summed E-state index contributed by atoms with van der Waals surface area (Å²) in [5.74, 6) is -0.341. The standard InChI is InChI=1S/C16H21FN2O3S/c1-23(21,22)18-14-6-9-19(11-14)15(20)16(7-3-8-16)12-4-2-5-13(17)10-12/h2,4-5,10,14,18H,3,6-9,11H2,1H3/t14-/m0/s1. The molecule has 2 fully saturated rings. The molecule has 126 valence electrons. The Morgan fingerprint density at radius 3 is 2.70 bits per heavy atom. The monoisotopic (exact) mass is 340 g/mol. The number of nitrogens with zero attached hydrogens (tertiary/aromatic N) is 1. The van der Waals surface area contributed by atoms with Crippen LogP contribution in [0.3, 0.4) is 0 Å². The van der Waals surface area contributed by atoms with Crippen molar-refractivity contribution in [2.45, 2.75) is 37.1 Å². The zero-order chi connectivity index (χ0) is 16.7. The minimum Gasteiger partial charge on any atom is -0.340 e. The number of hydrogen-bond acceptors (Lipinski definition) is 3. The maximum atomic E-state index is 13.5. The Morgan fingerprint density at radius 1 is 1.39 bits per heavy atom. The van der Waals surface area contributed by atoms with Gasteiger partial charge in [0.1, 0.15) is 5.82 Å². The van der Waals surface area contributed by atoms with E-state index in [0.717, 1.165) is 31.1 Å². The van der Waals surface area contributed by atoms with Crippen molar-refractivity contribution in [1.29, 1.82) is 0 Å². The van der Waals surface area contributed by atoms with Crippen LogP contribution in [0.15, 0.2) is 24.3 Å². The number of nitrogens with one attached hydrogen (secondary N) is 1. The van der Waals surface area contributed by atoms with Gasteiger partial charge in [-0.05, 0) is 37.0 Å². The van der Waals surface area contributed by atoms with Crippen LogP contribution in [0.1, 0.15) is 31.2 Å². The van der Waals surface area contributed by atoms with Crippen LogP contribution in [-0.2, 0) is 20.2 Å². The lowest BCUT2D eigenvalue weighted by Gasteiger charge is -2.43. The summed E-state index contributed by atoms with van der Waals surface area (Å²) in [6, 6.07) is 6.03. The average molecular weight is 340 g/mol. The number of rotatable bonds is 4. The van der Waals surface area contributed by atoms with Crippen molar-refractivity contribution in [3.8, 4) is 0 Å². The first-order chi connectivity index (χ1) is 10.8. The first kappa shape index (κ1) is 16.4. The third-order valence-corrected chi connectivity index (χ3v) is 5.61. The lowest BCUT2D eigenvalue weighted by atomic mass is 9.63. The smallest absolute Gasteiger partial charge is 0.233 e. The summed E-state index contributed by atoms with van der Waals surface area (Å²) in [6.45, 7) is 0.909. The molecule has 1 N–H and O–H groups in total. The van der Waals surface area contributed by atoms with Gasteiger partial charge in [-0.15, -0.1) is 0 Å². The topological polar surface area (TPSA) is 66.5 Å². The molecule has 1 aromatic carbocycles. The van der Waals surface area contributed by atoms with E-state index >= 15 is 0 Å². The fourth-order valence-electron chi connectivity index (χ4n) is 3.59. The van der Waals surface area contributed by atoms with Gasteiger partial charge in [-0.1, -0.05) is 18.6 Å². The van der Waals surface area contributed by atoms with Crippen LogP contribution in [0.25, 0.3) is 0 Å². The fraction of sp³-hybridized carbons (Fsp3) is 0.562. The van der Waals surface area contributed by atoms with Gasteiger partial charge in [0.2, 0.25) is 15.9 Å². The minimum atomic E-state index is -3.28. The Bertz CT molecular complexity index is 716. The largest absolute Gasteiger partial charge is 0.340 e. The molecule has 0 radical (unpaired) electrons. The molecule has 0 aromatic heterocycles. The molecule has 7 heteroatoms. The molecule has 0 bridgehead atoms. The molecule has 1 saturated heterocycles. The number of carbonyl (C=O) groups excluding carboxylic acids is 1. The van der Waals surface area contributed by atoms with E-state index in [1.807, 2.05) is 6.07 Å². The van der Waals surface area contributed by atoms with Gasteiger partial charge >= 0.3 is 0 Å². The number of amides is 1. The number of sulfonamides is 1. The second-order valence-electron chi connectivity index (χ2n) is 6.57. The summed E-state index contributed by atoms with van der Waals surface area (Å²) in [5.41, 5.74) is 0.0931. The molecule has 23 heavy (non-hydrogen) atoms. The molecular weight excluding hydrogens is 319 g/mol. The van der Waals surface area contributed by atoms with Crippen LogP contribution in [0.5, 0.6) is 0 Å². The van der Waals surface area contributed by atoms with Crippen LogP contribution in [-0.4, -0.2) is 44.6 Å². The van der Waals surface area contributed by atoms with Crippen LogP contribution < -0.4 is 4.72 Å². The molecule has 1 aromatic rings. The van der Waals surface area contributed by atoms with Crippen LogP contribution >= 0.6 is 0 Å². The first-order valence-corrected chi connectivity index (χ1v) is 9.72. The molecular formula is C16H21FN2O3S. The van der Waals surface area contributed by atoms with Crippen LogP contribution in [0.2, 0.25) is 0 Å². The first-order valence-electron chi connectivity index (χ1n) is 7.83. The van der Waals surface area contributed by atoms with Gasteiger partial charge in [0.25, 0.3) is 0 Å². The molecule has 1 amide bonds. The molecule has 2 aliphatic rings. The summed E-state index contributed by atoms with van der Waals surface area (Å²) in [7, 11) is -3.28. The number of carbonyl (C=O) groups is 1. The summed E-state index contributed by atoms with van der Waals surface area (Å²) in [6.07, 6.45) is 4.11. The second kappa shape index (κ2) is 5.87. The quantitative estimate of drug-likeness (QED) is 0.901. The highest BCUT2D eigenvalue weighted by Gasteiger charge is 2.48. The van der Waals surface area contributed by atoms with Crippen LogP contribution in [0, 0.1) is 5.82 Å². The third kappa shape index (κ3) is 3.26. The van der Waals surface area contributed by atoms with Gasteiger partial charge in [-0.2, -0.15) is 0 Å². The lowest BCUT2D eigenvalue weighted by Crippen LogP contribution is -2.51. The Balaban J connectivity index is 1.77. The summed E-state index contributed by atoms with van der Waals surface area (Å²) in [5, 5.41) is 0. The van der Waals surface area contributed by atoms with Gasteiger partial charge in [0.05, 0.1) is 11.7 Å². The number of benzene rings is 1. The summed E-state index contributed by atoms with van der Waals surface area (Å²) < 4.78 is 38.8. The van der Waals surface area contributed by atoms with E-state index in [9.17, 15) is 17.6 Å². The van der Waals surface area contributed by atoms with Gasteiger partial charge < -0.3 is 4.90 Å². The highest BCUT2D eigenvalue weighted by Crippen LogP contribution is 2.45. The maximum Gasteiger partial charge on any atom is 0.233 e. The molecule has 0 unspecified atom stereocenters. The van der Waals surface area contributed by atoms with Crippen molar-refractivity contribution >= 4 is 15.9 Å². The minimum absolute atomic E-state index is 0.00727. The predicted molar refractivity (Wildman–Crippen MR) is 84.9 cm³/mol. The zero-order valence-electron chi connectivity index (χ0n) is 13.1. The van der Waals surface area contributed by atoms with Crippen molar-refractivity contribution in [2.75, 3.05) is 19.3 Å². The van der Waals surface area contributed by atoms with E-state index in [0.29, 0.717) is 19.5 Å². The Labute approximate surface area is 135 Å². The number of likely N-dealkylation sites (tertiary alicyclic amines) is 1. The van der Waals surface area contributed by atoms with Crippen molar-refractivity contribution in [1.82, 2.24) is 9.62 Å². The van der Waals surface area contributed by atoms with E-state index in [-0.39, 0.29) is 17.8 Å². The average Bonchev–Trinajstić information content (AvgIpc) is 2.83. The molecule has 0 spiro atoms. The van der Waals surface area contributed by atoms with Crippen LogP contribution in [0.4, 0.5) is 4.39 Å². The van der Waals surface area contributed by atoms with E-state index in [1.54, 1.807) is 11.0 Å². The predicted octanol–water partition coefficient (Wildman–Crippen LogP) is 1.40. The van der Waals surface area contributed by atoms with Crippen molar-refractivity contribution in [3.63, 3.8) is 0 Å². The molecule has 3 rings (SSSR count). The van der Waals surface area contributed by atoms with E-state index in [2.05, 4.69) is 4.72 Å².